The van der Waals surface area contributed by atoms with Crippen LogP contribution in [0.25, 0.3) is 44.6 Å². The summed E-state index contributed by atoms with van der Waals surface area (Å²) in [6, 6.07) is 12.3. The fourth-order valence-electron chi connectivity index (χ4n) is 6.99. The van der Waals surface area contributed by atoms with E-state index in [1.54, 1.807) is 31.2 Å². The molecule has 0 saturated carbocycles. The maximum absolute atomic E-state index is 15.8. The van der Waals surface area contributed by atoms with Gasteiger partial charge in [-0.15, -0.1) is 0 Å². The van der Waals surface area contributed by atoms with E-state index in [9.17, 15) is 26.3 Å². The largest absolute Gasteiger partial charge is 0.411 e. The lowest BCUT2D eigenvalue weighted by Gasteiger charge is -2.39. The SMILES string of the molecule is Cc1ccc(C(c2c(C)c(F)c(Cc3c(F)c(F)c(-c4nc5cc(-c6ccc7[nH]c(C)nc7c6)ccc5[nH]4)c(F)c3F)c(F)c2F)(C(F)(F)F)C(F)(F)F)cc1. The highest BCUT2D eigenvalue weighted by Crippen LogP contribution is 2.58. The van der Waals surface area contributed by atoms with Crippen molar-refractivity contribution in [2.45, 2.75) is 45.0 Å². The Kier molecular flexibility index (Phi) is 9.00. The molecule has 2 N–H and O–H groups in total. The van der Waals surface area contributed by atoms with E-state index in [-0.39, 0.29) is 23.5 Å². The smallest absolute Gasteiger partial charge is 0.342 e. The molecule has 0 spiro atoms. The Bertz CT molecular complexity index is 2630. The predicted molar refractivity (Wildman–Crippen MR) is 179 cm³/mol. The van der Waals surface area contributed by atoms with Crippen molar-refractivity contribution in [1.29, 1.82) is 0 Å². The summed E-state index contributed by atoms with van der Waals surface area (Å²) in [5.74, 6) is -16.6. The Morgan fingerprint density at radius 1 is 0.536 bits per heavy atom. The van der Waals surface area contributed by atoms with Gasteiger partial charge in [-0.25, -0.2) is 40.7 Å². The first-order chi connectivity index (χ1) is 26.2. The molecule has 0 saturated heterocycles. The topological polar surface area (TPSA) is 57.4 Å². The molecule has 0 fully saturated rings. The van der Waals surface area contributed by atoms with Gasteiger partial charge in [-0.1, -0.05) is 42.0 Å². The number of hydrogen-bond acceptors (Lipinski definition) is 2. The summed E-state index contributed by atoms with van der Waals surface area (Å²) in [6.07, 6.45) is -14.8. The third-order valence-corrected chi connectivity index (χ3v) is 9.72. The summed E-state index contributed by atoms with van der Waals surface area (Å²) in [7, 11) is 0. The number of nitrogens with one attached hydrogen (secondary N) is 2. The van der Waals surface area contributed by atoms with Crippen LogP contribution in [0, 0.1) is 61.5 Å². The lowest BCUT2D eigenvalue weighted by Crippen LogP contribution is -2.56. The van der Waals surface area contributed by atoms with E-state index in [2.05, 4.69) is 19.9 Å². The number of hydrogen-bond donors (Lipinski definition) is 2. The number of rotatable bonds is 6. The molecule has 0 bridgehead atoms. The van der Waals surface area contributed by atoms with Gasteiger partial charge in [0, 0.05) is 23.1 Å². The van der Waals surface area contributed by atoms with E-state index in [1.165, 1.54) is 19.1 Å². The third-order valence-electron chi connectivity index (χ3n) is 9.72. The second-order valence-electron chi connectivity index (χ2n) is 13.2. The molecule has 7 aromatic rings. The van der Waals surface area contributed by atoms with E-state index in [0.717, 1.165) is 17.6 Å². The number of aromatic nitrogens is 4. The van der Waals surface area contributed by atoms with Gasteiger partial charge in [0.1, 0.15) is 17.5 Å². The molecule has 4 nitrogen and oxygen atoms in total. The summed E-state index contributed by atoms with van der Waals surface area (Å²) in [5, 5.41) is 0. The summed E-state index contributed by atoms with van der Waals surface area (Å²) in [4.78, 5) is 14.0. The van der Waals surface area contributed by atoms with E-state index < -0.39 is 104 Å². The van der Waals surface area contributed by atoms with Gasteiger partial charge >= 0.3 is 12.4 Å². The van der Waals surface area contributed by atoms with Crippen LogP contribution in [0.4, 0.5) is 57.1 Å². The van der Waals surface area contributed by atoms with Crippen molar-refractivity contribution in [3.8, 4) is 22.5 Å². The Morgan fingerprint density at radius 3 is 1.55 bits per heavy atom. The quantitative estimate of drug-likeness (QED) is 0.130. The minimum atomic E-state index is -6.46. The number of imidazole rings is 2. The lowest BCUT2D eigenvalue weighted by molar-refractivity contribution is -0.289. The molecule has 7 rings (SSSR count). The van der Waals surface area contributed by atoms with Gasteiger partial charge in [-0.3, -0.25) is 0 Å². The molecule has 2 heterocycles. The number of aryl methyl sites for hydroxylation is 2. The van der Waals surface area contributed by atoms with Crippen molar-refractivity contribution in [3.63, 3.8) is 0 Å². The molecule has 0 aliphatic heterocycles. The van der Waals surface area contributed by atoms with Crippen LogP contribution in [0.1, 0.15) is 39.2 Å². The fourth-order valence-corrected chi connectivity index (χ4v) is 6.99. The second-order valence-corrected chi connectivity index (χ2v) is 13.2. The number of alkyl halides is 6. The molecule has 5 aromatic carbocycles. The van der Waals surface area contributed by atoms with Crippen LogP contribution < -0.4 is 0 Å². The van der Waals surface area contributed by atoms with E-state index in [4.69, 9.17) is 0 Å². The van der Waals surface area contributed by atoms with Gasteiger partial charge in [-0.05, 0) is 67.3 Å². The Morgan fingerprint density at radius 2 is 1.02 bits per heavy atom. The average molecular weight is 795 g/mol. The number of halogens is 13. The van der Waals surface area contributed by atoms with Crippen molar-refractivity contribution in [2.75, 3.05) is 0 Å². The number of fused-ring (bicyclic) bond motifs is 2. The van der Waals surface area contributed by atoms with Gasteiger partial charge in [0.05, 0.1) is 27.6 Å². The average Bonchev–Trinajstić information content (AvgIpc) is 3.72. The maximum atomic E-state index is 15.8. The molecular weight excluding hydrogens is 771 g/mol. The highest BCUT2D eigenvalue weighted by Gasteiger charge is 2.74. The van der Waals surface area contributed by atoms with Crippen molar-refractivity contribution >= 4 is 22.1 Å². The molecular formula is C39H23F13N4. The first kappa shape index (κ1) is 38.4. The zero-order chi connectivity index (χ0) is 40.8. The zero-order valence-corrected chi connectivity index (χ0v) is 28.8. The molecule has 0 aliphatic rings. The van der Waals surface area contributed by atoms with Crippen molar-refractivity contribution in [2.24, 2.45) is 0 Å². The first-order valence-electron chi connectivity index (χ1n) is 16.4. The van der Waals surface area contributed by atoms with Crippen LogP contribution in [-0.2, 0) is 11.8 Å². The molecule has 56 heavy (non-hydrogen) atoms. The molecule has 0 unspecified atom stereocenters. The summed E-state index contributed by atoms with van der Waals surface area (Å²) in [5.41, 5.74) is -13.0. The van der Waals surface area contributed by atoms with Crippen LogP contribution in [0.5, 0.6) is 0 Å². The molecule has 0 radical (unpaired) electrons. The van der Waals surface area contributed by atoms with Crippen LogP contribution in [0.3, 0.4) is 0 Å². The van der Waals surface area contributed by atoms with Crippen molar-refractivity contribution in [1.82, 2.24) is 19.9 Å². The molecule has 17 heteroatoms. The van der Waals surface area contributed by atoms with Gasteiger partial charge in [0.25, 0.3) is 0 Å². The van der Waals surface area contributed by atoms with Crippen LogP contribution >= 0.6 is 0 Å². The number of H-pyrrole nitrogens is 2. The van der Waals surface area contributed by atoms with Crippen molar-refractivity contribution in [3.05, 3.63) is 141 Å². The predicted octanol–water partition coefficient (Wildman–Crippen LogP) is 11.7. The second kappa shape index (κ2) is 13.1. The van der Waals surface area contributed by atoms with Crippen molar-refractivity contribution < 1.29 is 57.1 Å². The van der Waals surface area contributed by atoms with E-state index in [1.807, 2.05) is 0 Å². The molecule has 2 aromatic heterocycles. The highest BCUT2D eigenvalue weighted by molar-refractivity contribution is 5.87. The highest BCUT2D eigenvalue weighted by atomic mass is 19.4. The Labute approximate surface area is 307 Å². The Hall–Kier alpha value is -5.87. The summed E-state index contributed by atoms with van der Waals surface area (Å²) < 4.78 is 198. The van der Waals surface area contributed by atoms with E-state index in [0.29, 0.717) is 34.6 Å². The Balaban J connectivity index is 1.32. The van der Waals surface area contributed by atoms with Crippen LogP contribution in [0.2, 0.25) is 0 Å². The number of benzene rings is 5. The van der Waals surface area contributed by atoms with Gasteiger partial charge < -0.3 is 9.97 Å². The molecule has 290 valence electrons. The molecule has 0 atom stereocenters. The minimum Gasteiger partial charge on any atom is -0.342 e. The third kappa shape index (κ3) is 5.77. The van der Waals surface area contributed by atoms with Crippen LogP contribution in [0.15, 0.2) is 60.7 Å². The molecule has 0 amide bonds. The van der Waals surface area contributed by atoms with E-state index >= 15 is 30.7 Å². The number of nitrogens with zero attached hydrogens (tertiary/aromatic N) is 2. The summed E-state index contributed by atoms with van der Waals surface area (Å²) >= 11 is 0. The fraction of sp³-hybridized carbons (Fsp3) is 0.179. The summed E-state index contributed by atoms with van der Waals surface area (Å²) in [6.45, 7) is 3.36. The maximum Gasteiger partial charge on any atom is 0.411 e. The standard InChI is InChI=1S/C39H23F13N4/c1-15-4-8-20(9-5-15)37(38(47,48)49,39(50,51)52)28-16(2)29(40)21(32(43)35(28)46)14-22-30(41)33(44)27(34(45)31(22)42)36-55-24-11-7-19(13-26(24)56-36)18-6-10-23-25(12-18)54-17(3)53-23/h4-13H,14H2,1-3H3,(H,53,54)(H,55,56). The zero-order valence-electron chi connectivity index (χ0n) is 28.8. The van der Waals surface area contributed by atoms with Gasteiger partial charge in [0.15, 0.2) is 34.9 Å². The molecule has 0 aliphatic carbocycles. The monoisotopic (exact) mass is 794 g/mol. The first-order valence-corrected chi connectivity index (χ1v) is 16.4. The minimum absolute atomic E-state index is 0.0918. The van der Waals surface area contributed by atoms with Gasteiger partial charge in [-0.2, -0.15) is 26.3 Å². The normalized spacial score (nSPS) is 12.7. The van der Waals surface area contributed by atoms with Crippen LogP contribution in [-0.4, -0.2) is 32.3 Å². The lowest BCUT2D eigenvalue weighted by atomic mass is 9.70. The number of aromatic amines is 2. The van der Waals surface area contributed by atoms with Gasteiger partial charge in [0.2, 0.25) is 5.41 Å².